The second-order valence-electron chi connectivity index (χ2n) is 3.46. The highest BCUT2D eigenvalue weighted by molar-refractivity contribution is 5.85. The summed E-state index contributed by atoms with van der Waals surface area (Å²) in [5, 5.41) is 2.74. The van der Waals surface area contributed by atoms with Crippen LogP contribution < -0.4 is 11.1 Å². The maximum absolute atomic E-state index is 11.4. The molecule has 7 heteroatoms. The fraction of sp³-hybridized carbons (Fsp3) is 0.455. The molecule has 0 aliphatic rings. The molecule has 0 fully saturated rings. The predicted molar refractivity (Wildman–Crippen MR) is 75.3 cm³/mol. The van der Waals surface area contributed by atoms with Gasteiger partial charge in [-0.2, -0.15) is 0 Å². The molecular weight excluding hydrogens is 277 g/mol. The zero-order valence-electron chi connectivity index (χ0n) is 10.2. The highest BCUT2D eigenvalue weighted by atomic mass is 35.5. The summed E-state index contributed by atoms with van der Waals surface area (Å²) >= 11 is 0. The minimum atomic E-state index is -0.598. The number of amides is 1. The van der Waals surface area contributed by atoms with Crippen molar-refractivity contribution in [2.75, 3.05) is 20.3 Å². The maximum atomic E-state index is 11.4. The van der Waals surface area contributed by atoms with Gasteiger partial charge in [-0.05, 0) is 18.1 Å². The Balaban J connectivity index is 0. The number of rotatable bonds is 6. The van der Waals surface area contributed by atoms with Crippen molar-refractivity contribution in [2.24, 2.45) is 5.73 Å². The van der Waals surface area contributed by atoms with E-state index in [9.17, 15) is 4.79 Å². The van der Waals surface area contributed by atoms with Gasteiger partial charge in [0.1, 0.15) is 6.04 Å². The lowest BCUT2D eigenvalue weighted by molar-refractivity contribution is -0.123. The molecule has 104 valence electrons. The number of hydrogen-bond donors (Lipinski definition) is 2. The van der Waals surface area contributed by atoms with E-state index in [0.717, 1.165) is 12.0 Å². The molecule has 0 saturated carbocycles. The molecule has 1 aromatic rings. The number of hydrogen-bond acceptors (Lipinski definition) is 4. The molecule has 1 atom stereocenters. The van der Waals surface area contributed by atoms with E-state index in [-0.39, 0.29) is 37.3 Å². The fourth-order valence-corrected chi connectivity index (χ4v) is 1.26. The van der Waals surface area contributed by atoms with Gasteiger partial charge in [0.25, 0.3) is 0 Å². The third-order valence-electron chi connectivity index (χ3n) is 2.12. The zero-order chi connectivity index (χ0) is 11.8. The summed E-state index contributed by atoms with van der Waals surface area (Å²) in [7, 11) is 1.52. The van der Waals surface area contributed by atoms with Gasteiger partial charge in [0, 0.05) is 26.0 Å². The highest BCUT2D eigenvalue weighted by Crippen LogP contribution is 1.95. The topological polar surface area (TPSA) is 77.2 Å². The van der Waals surface area contributed by atoms with Crippen LogP contribution in [0.15, 0.2) is 24.5 Å². The van der Waals surface area contributed by atoms with Gasteiger partial charge in [-0.3, -0.25) is 9.78 Å². The standard InChI is InChI=1S/C11H17N3O2.2ClH/c1-16-8-10(12)11(15)14-6-4-9-3-2-5-13-7-9;;/h2-3,5,7,10H,4,6,8,12H2,1H3,(H,14,15);2*1H. The Morgan fingerprint density at radius 3 is 2.83 bits per heavy atom. The van der Waals surface area contributed by atoms with Gasteiger partial charge in [0.15, 0.2) is 0 Å². The summed E-state index contributed by atoms with van der Waals surface area (Å²) in [5.74, 6) is -0.189. The van der Waals surface area contributed by atoms with Gasteiger partial charge in [-0.25, -0.2) is 0 Å². The molecule has 0 radical (unpaired) electrons. The number of nitrogens with zero attached hydrogens (tertiary/aromatic N) is 1. The van der Waals surface area contributed by atoms with E-state index in [2.05, 4.69) is 10.3 Å². The Hall–Kier alpha value is -0.880. The summed E-state index contributed by atoms with van der Waals surface area (Å²) in [6.07, 6.45) is 4.25. The van der Waals surface area contributed by atoms with Gasteiger partial charge >= 0.3 is 0 Å². The third-order valence-corrected chi connectivity index (χ3v) is 2.12. The average Bonchev–Trinajstić information content (AvgIpc) is 2.30. The smallest absolute Gasteiger partial charge is 0.239 e. The fourth-order valence-electron chi connectivity index (χ4n) is 1.26. The van der Waals surface area contributed by atoms with Crippen molar-refractivity contribution in [3.05, 3.63) is 30.1 Å². The molecule has 0 aliphatic heterocycles. The molecule has 1 unspecified atom stereocenters. The van der Waals surface area contributed by atoms with E-state index in [1.807, 2.05) is 12.1 Å². The van der Waals surface area contributed by atoms with Crippen molar-refractivity contribution in [3.8, 4) is 0 Å². The molecular formula is C11H19Cl2N3O2. The molecule has 0 saturated heterocycles. The number of nitrogens with one attached hydrogen (secondary N) is 1. The Morgan fingerprint density at radius 1 is 1.56 bits per heavy atom. The first-order chi connectivity index (χ1) is 7.74. The first kappa shape index (κ1) is 19.5. The predicted octanol–water partition coefficient (Wildman–Crippen LogP) is 0.558. The Kier molecular flexibility index (Phi) is 12.1. The number of pyridine rings is 1. The molecule has 18 heavy (non-hydrogen) atoms. The molecule has 3 N–H and O–H groups in total. The lowest BCUT2D eigenvalue weighted by Gasteiger charge is -2.10. The van der Waals surface area contributed by atoms with Crippen LogP contribution in [0.1, 0.15) is 5.56 Å². The third kappa shape index (κ3) is 7.45. The van der Waals surface area contributed by atoms with Crippen molar-refractivity contribution in [1.29, 1.82) is 0 Å². The number of ether oxygens (including phenoxy) is 1. The van der Waals surface area contributed by atoms with E-state index in [4.69, 9.17) is 10.5 Å². The van der Waals surface area contributed by atoms with Crippen LogP contribution in [-0.2, 0) is 16.0 Å². The van der Waals surface area contributed by atoms with Crippen LogP contribution in [0.2, 0.25) is 0 Å². The van der Waals surface area contributed by atoms with Crippen LogP contribution in [-0.4, -0.2) is 37.2 Å². The number of aromatic nitrogens is 1. The summed E-state index contributed by atoms with van der Waals surface area (Å²) in [6.45, 7) is 0.792. The van der Waals surface area contributed by atoms with Crippen LogP contribution >= 0.6 is 24.8 Å². The first-order valence-electron chi connectivity index (χ1n) is 5.15. The van der Waals surface area contributed by atoms with Gasteiger partial charge in [0.2, 0.25) is 5.91 Å². The van der Waals surface area contributed by atoms with E-state index in [0.29, 0.717) is 6.54 Å². The van der Waals surface area contributed by atoms with Crippen molar-refractivity contribution in [3.63, 3.8) is 0 Å². The number of halogens is 2. The summed E-state index contributed by atoms with van der Waals surface area (Å²) in [4.78, 5) is 15.4. The molecule has 5 nitrogen and oxygen atoms in total. The van der Waals surface area contributed by atoms with Crippen LogP contribution in [0.5, 0.6) is 0 Å². The van der Waals surface area contributed by atoms with Crippen LogP contribution in [0.4, 0.5) is 0 Å². The number of carbonyl (C=O) groups is 1. The Bertz CT molecular complexity index is 325. The largest absolute Gasteiger partial charge is 0.383 e. The molecule has 1 heterocycles. The van der Waals surface area contributed by atoms with Crippen LogP contribution in [0.3, 0.4) is 0 Å². The van der Waals surface area contributed by atoms with Crippen molar-refractivity contribution in [1.82, 2.24) is 10.3 Å². The number of carbonyl (C=O) groups excluding carboxylic acids is 1. The van der Waals surface area contributed by atoms with Crippen molar-refractivity contribution >= 4 is 30.7 Å². The summed E-state index contributed by atoms with van der Waals surface area (Å²) in [5.41, 5.74) is 6.64. The number of nitrogens with two attached hydrogens (primary N) is 1. The Morgan fingerprint density at radius 2 is 2.28 bits per heavy atom. The maximum Gasteiger partial charge on any atom is 0.239 e. The van der Waals surface area contributed by atoms with Gasteiger partial charge < -0.3 is 15.8 Å². The SMILES string of the molecule is COCC(N)C(=O)NCCc1cccnc1.Cl.Cl. The summed E-state index contributed by atoms with van der Waals surface area (Å²) < 4.78 is 4.79. The highest BCUT2D eigenvalue weighted by Gasteiger charge is 2.11. The minimum Gasteiger partial charge on any atom is -0.383 e. The molecule has 0 bridgehead atoms. The minimum absolute atomic E-state index is 0. The van der Waals surface area contributed by atoms with Crippen molar-refractivity contribution in [2.45, 2.75) is 12.5 Å². The van der Waals surface area contributed by atoms with Crippen LogP contribution in [0.25, 0.3) is 0 Å². The van der Waals surface area contributed by atoms with E-state index < -0.39 is 6.04 Å². The lowest BCUT2D eigenvalue weighted by atomic mass is 10.2. The molecule has 1 aromatic heterocycles. The quantitative estimate of drug-likeness (QED) is 0.804. The molecule has 1 amide bonds. The number of methoxy groups -OCH3 is 1. The van der Waals surface area contributed by atoms with E-state index >= 15 is 0 Å². The van der Waals surface area contributed by atoms with Gasteiger partial charge in [0.05, 0.1) is 6.61 Å². The van der Waals surface area contributed by atoms with E-state index in [1.54, 1.807) is 12.4 Å². The molecule has 0 aromatic carbocycles. The second kappa shape index (κ2) is 11.2. The second-order valence-corrected chi connectivity index (χ2v) is 3.46. The van der Waals surface area contributed by atoms with Gasteiger partial charge in [-0.15, -0.1) is 24.8 Å². The molecule has 0 aliphatic carbocycles. The Labute approximate surface area is 119 Å². The average molecular weight is 296 g/mol. The lowest BCUT2D eigenvalue weighted by Crippen LogP contribution is -2.44. The summed E-state index contributed by atoms with van der Waals surface area (Å²) in [6, 6.07) is 3.24. The van der Waals surface area contributed by atoms with Gasteiger partial charge in [-0.1, -0.05) is 6.07 Å². The molecule has 0 spiro atoms. The molecule has 1 rings (SSSR count). The normalized spacial score (nSPS) is 10.8. The van der Waals surface area contributed by atoms with Crippen LogP contribution in [0, 0.1) is 0 Å². The zero-order valence-corrected chi connectivity index (χ0v) is 11.8. The first-order valence-corrected chi connectivity index (χ1v) is 5.15. The van der Waals surface area contributed by atoms with E-state index in [1.165, 1.54) is 7.11 Å². The monoisotopic (exact) mass is 295 g/mol. The van der Waals surface area contributed by atoms with Crippen molar-refractivity contribution < 1.29 is 9.53 Å².